The van der Waals surface area contributed by atoms with Crippen LogP contribution in [0.2, 0.25) is 0 Å². The van der Waals surface area contributed by atoms with Crippen molar-refractivity contribution < 1.29 is 9.47 Å². The van der Waals surface area contributed by atoms with E-state index in [1.54, 1.807) is 30.5 Å². The summed E-state index contributed by atoms with van der Waals surface area (Å²) in [6.07, 6.45) is 2.91. The van der Waals surface area contributed by atoms with Crippen LogP contribution in [0.25, 0.3) is 10.9 Å². The molecule has 0 aliphatic carbocycles. The second kappa shape index (κ2) is 11.5. The Labute approximate surface area is 194 Å². The number of benzene rings is 2. The molecule has 3 aromatic rings. The van der Waals surface area contributed by atoms with Crippen molar-refractivity contribution >= 4 is 28.4 Å². The average molecular weight is 456 g/mol. The van der Waals surface area contributed by atoms with Crippen LogP contribution in [-0.2, 0) is 22.4 Å². The molecule has 1 aromatic heterocycles. The van der Waals surface area contributed by atoms with E-state index in [0.717, 1.165) is 49.8 Å². The molecule has 2 aromatic carbocycles. The van der Waals surface area contributed by atoms with Gasteiger partial charge in [0.15, 0.2) is 0 Å². The van der Waals surface area contributed by atoms with Crippen molar-refractivity contribution in [3.63, 3.8) is 0 Å². The first kappa shape index (κ1) is 24.3. The first-order chi connectivity index (χ1) is 15.5. The van der Waals surface area contributed by atoms with E-state index < -0.39 is 0 Å². The average Bonchev–Trinajstić information content (AvgIpc) is 2.80. The summed E-state index contributed by atoms with van der Waals surface area (Å²) in [4.78, 5) is 21.4. The van der Waals surface area contributed by atoms with Gasteiger partial charge in [0.25, 0.3) is 5.56 Å². The lowest BCUT2D eigenvalue weighted by molar-refractivity contribution is 0.122. The van der Waals surface area contributed by atoms with Crippen LogP contribution in [0.15, 0.2) is 46.1 Å². The van der Waals surface area contributed by atoms with E-state index in [4.69, 9.17) is 9.72 Å². The van der Waals surface area contributed by atoms with Gasteiger partial charge >= 0.3 is 0 Å². The smallest absolute Gasteiger partial charge is 0.261 e. The highest BCUT2D eigenvalue weighted by Crippen LogP contribution is 2.22. The molecule has 0 N–H and O–H groups in total. The molecule has 1 fully saturated rings. The maximum atomic E-state index is 13.1. The van der Waals surface area contributed by atoms with Gasteiger partial charge in [0.05, 0.1) is 24.1 Å². The number of rotatable bonds is 5. The van der Waals surface area contributed by atoms with Gasteiger partial charge < -0.3 is 14.4 Å². The number of methoxy groups -OCH3 is 1. The Morgan fingerprint density at radius 3 is 2.47 bits per heavy atom. The molecule has 2 heterocycles. The van der Waals surface area contributed by atoms with E-state index in [-0.39, 0.29) is 5.56 Å². The van der Waals surface area contributed by atoms with Crippen LogP contribution in [0.1, 0.15) is 17.0 Å². The van der Waals surface area contributed by atoms with E-state index in [1.807, 2.05) is 25.1 Å². The van der Waals surface area contributed by atoms with Crippen molar-refractivity contribution in [3.8, 4) is 0 Å². The minimum absolute atomic E-state index is 0.0411. The van der Waals surface area contributed by atoms with Crippen LogP contribution in [0, 0.1) is 13.8 Å². The number of aromatic nitrogens is 2. The lowest BCUT2D eigenvalue weighted by Crippen LogP contribution is -2.36. The van der Waals surface area contributed by atoms with Crippen LogP contribution < -0.4 is 10.5 Å². The Hall–Kier alpha value is -2.35. The predicted octanol–water partition coefficient (Wildman–Crippen LogP) is 4.08. The van der Waals surface area contributed by atoms with Gasteiger partial charge in [-0.05, 0) is 68.0 Å². The highest BCUT2D eigenvalue weighted by Gasteiger charge is 2.14. The third kappa shape index (κ3) is 5.71. The largest absolute Gasteiger partial charge is 0.388 e. The summed E-state index contributed by atoms with van der Waals surface area (Å²) in [6, 6.07) is 12.5. The number of fused-ring (bicyclic) bond motifs is 1. The zero-order chi connectivity index (χ0) is 23.1. The van der Waals surface area contributed by atoms with Gasteiger partial charge in [0.1, 0.15) is 5.82 Å². The van der Waals surface area contributed by atoms with Crippen molar-refractivity contribution in [1.29, 1.82) is 0 Å². The molecule has 0 spiro atoms. The van der Waals surface area contributed by atoms with Crippen LogP contribution in [-0.4, -0.2) is 56.3 Å². The number of anilines is 1. The van der Waals surface area contributed by atoms with Crippen molar-refractivity contribution in [2.45, 2.75) is 31.7 Å². The highest BCUT2D eigenvalue weighted by molar-refractivity contribution is 7.98. The Morgan fingerprint density at radius 1 is 1.09 bits per heavy atom. The number of ether oxygens (including phenoxy) is 2. The summed E-state index contributed by atoms with van der Waals surface area (Å²) in [5.74, 6) is 0.764. The molecule has 1 aliphatic rings. The lowest BCUT2D eigenvalue weighted by atomic mass is 10.1. The quantitative estimate of drug-likeness (QED) is 0.541. The first-order valence-electron chi connectivity index (χ1n) is 10.9. The molecule has 4 rings (SSSR count). The number of nitrogens with zero attached hydrogens (tertiary/aromatic N) is 3. The molecule has 1 saturated heterocycles. The zero-order valence-corrected chi connectivity index (χ0v) is 20.5. The summed E-state index contributed by atoms with van der Waals surface area (Å²) >= 11 is 1.75. The second-order valence-corrected chi connectivity index (χ2v) is 8.75. The maximum absolute atomic E-state index is 13.1. The fourth-order valence-electron chi connectivity index (χ4n) is 3.91. The number of aryl methyl sites for hydroxylation is 3. The Balaban J connectivity index is 0.000000913. The number of hydrogen-bond acceptors (Lipinski definition) is 6. The predicted molar refractivity (Wildman–Crippen MR) is 133 cm³/mol. The fraction of sp³-hybridized carbons (Fsp3) is 0.440. The number of morpholine rings is 1. The van der Waals surface area contributed by atoms with Gasteiger partial charge in [-0.25, -0.2) is 4.98 Å². The van der Waals surface area contributed by atoms with E-state index in [0.29, 0.717) is 11.9 Å². The number of thioether (sulfide) groups is 1. The molecular weight excluding hydrogens is 422 g/mol. The molecule has 6 nitrogen and oxygen atoms in total. The third-order valence-electron chi connectivity index (χ3n) is 5.66. The zero-order valence-electron chi connectivity index (χ0n) is 19.7. The highest BCUT2D eigenvalue weighted by atomic mass is 32.2. The monoisotopic (exact) mass is 455 g/mol. The van der Waals surface area contributed by atoms with Gasteiger partial charge in [-0.1, -0.05) is 6.07 Å². The van der Waals surface area contributed by atoms with Crippen LogP contribution in [0.5, 0.6) is 0 Å². The summed E-state index contributed by atoms with van der Waals surface area (Å²) in [7, 11) is 3.25. The van der Waals surface area contributed by atoms with E-state index in [9.17, 15) is 4.79 Å². The van der Waals surface area contributed by atoms with Crippen molar-refractivity contribution in [1.82, 2.24) is 9.55 Å². The maximum Gasteiger partial charge on any atom is 0.261 e. The van der Waals surface area contributed by atoms with Crippen LogP contribution in [0.4, 0.5) is 5.69 Å². The Kier molecular flexibility index (Phi) is 8.73. The summed E-state index contributed by atoms with van der Waals surface area (Å²) in [5, 5.41) is 0.682. The molecule has 0 unspecified atom stereocenters. The van der Waals surface area contributed by atoms with E-state index >= 15 is 0 Å². The van der Waals surface area contributed by atoms with Crippen molar-refractivity contribution in [2.24, 2.45) is 0 Å². The molecule has 172 valence electrons. The van der Waals surface area contributed by atoms with Gasteiger partial charge in [0, 0.05) is 44.4 Å². The third-order valence-corrected chi connectivity index (χ3v) is 6.39. The fourth-order valence-corrected chi connectivity index (χ4v) is 4.41. The normalized spacial score (nSPS) is 13.7. The molecular formula is C25H33N3O3S. The van der Waals surface area contributed by atoms with Crippen LogP contribution >= 0.6 is 11.8 Å². The molecule has 0 saturated carbocycles. The molecule has 0 bridgehead atoms. The Bertz CT molecular complexity index is 1110. The van der Waals surface area contributed by atoms with Gasteiger partial charge in [-0.15, -0.1) is 11.8 Å². The van der Waals surface area contributed by atoms with Gasteiger partial charge in [-0.3, -0.25) is 9.36 Å². The minimum Gasteiger partial charge on any atom is -0.388 e. The molecule has 1 aliphatic heterocycles. The lowest BCUT2D eigenvalue weighted by Gasteiger charge is -2.29. The van der Waals surface area contributed by atoms with Crippen LogP contribution in [0.3, 0.4) is 0 Å². The molecule has 0 amide bonds. The standard InChI is InChI=1S/C23H27N3O2S.C2H6O/c1-16-14-20(29-3)6-4-18(16)8-9-26-17(2)24-22-15-19(5-7-21(22)23(26)27)25-10-12-28-13-11-25;1-3-2/h4-7,14-15H,8-13H2,1-3H3;1-2H3. The Morgan fingerprint density at radius 2 is 1.81 bits per heavy atom. The van der Waals surface area contributed by atoms with Gasteiger partial charge in [-0.2, -0.15) is 0 Å². The topological polar surface area (TPSA) is 56.6 Å². The molecule has 0 radical (unpaired) electrons. The summed E-state index contributed by atoms with van der Waals surface area (Å²) in [5.41, 5.74) is 4.46. The SMILES string of the molecule is COC.CSc1ccc(CCn2c(C)nc3cc(N4CCOCC4)ccc3c2=O)c(C)c1. The summed E-state index contributed by atoms with van der Waals surface area (Å²) < 4.78 is 11.5. The second-order valence-electron chi connectivity index (χ2n) is 7.87. The van der Waals surface area contributed by atoms with Gasteiger partial charge in [0.2, 0.25) is 0 Å². The van der Waals surface area contributed by atoms with Crippen molar-refractivity contribution in [3.05, 3.63) is 63.7 Å². The minimum atomic E-state index is 0.0411. The first-order valence-corrected chi connectivity index (χ1v) is 12.1. The molecule has 32 heavy (non-hydrogen) atoms. The molecule has 0 atom stereocenters. The van der Waals surface area contributed by atoms with Crippen molar-refractivity contribution in [2.75, 3.05) is 51.7 Å². The van der Waals surface area contributed by atoms with E-state index in [2.05, 4.69) is 41.0 Å². The summed E-state index contributed by atoms with van der Waals surface area (Å²) in [6.45, 7) is 7.92. The molecule has 7 heteroatoms. The number of hydrogen-bond donors (Lipinski definition) is 0. The van der Waals surface area contributed by atoms with E-state index in [1.165, 1.54) is 16.0 Å².